The van der Waals surface area contributed by atoms with E-state index in [0.29, 0.717) is 18.4 Å². The minimum absolute atomic E-state index is 0.0286. The van der Waals surface area contributed by atoms with E-state index in [-0.39, 0.29) is 23.9 Å². The van der Waals surface area contributed by atoms with Gasteiger partial charge >= 0.3 is 12.2 Å². The number of nitrogens with one attached hydrogen (secondary N) is 2. The molecule has 1 heterocycles. The van der Waals surface area contributed by atoms with Crippen LogP contribution in [0.1, 0.15) is 29.5 Å². The summed E-state index contributed by atoms with van der Waals surface area (Å²) in [6, 6.07) is 12.5. The molecule has 1 aliphatic heterocycles. The van der Waals surface area contributed by atoms with Gasteiger partial charge < -0.3 is 20.3 Å². The van der Waals surface area contributed by atoms with Crippen molar-refractivity contribution in [2.24, 2.45) is 0 Å². The van der Waals surface area contributed by atoms with Crippen molar-refractivity contribution in [2.75, 3.05) is 25.1 Å². The Bertz CT molecular complexity index is 947. The molecule has 0 atom stereocenters. The van der Waals surface area contributed by atoms with E-state index in [4.69, 9.17) is 10.00 Å². The van der Waals surface area contributed by atoms with E-state index in [9.17, 15) is 18.0 Å². The maximum Gasteiger partial charge on any atom is 0.416 e. The smallest absolute Gasteiger partial charge is 0.416 e. The number of piperidine rings is 1. The molecule has 0 spiro atoms. The van der Waals surface area contributed by atoms with E-state index in [1.54, 1.807) is 12.1 Å². The molecule has 0 unspecified atom stereocenters. The number of ether oxygens (including phenoxy) is 1. The quantitative estimate of drug-likeness (QED) is 0.747. The topological polar surface area (TPSA) is 77.4 Å². The van der Waals surface area contributed by atoms with Crippen molar-refractivity contribution in [2.45, 2.75) is 31.6 Å². The van der Waals surface area contributed by atoms with Gasteiger partial charge in [0.15, 0.2) is 0 Å². The van der Waals surface area contributed by atoms with Gasteiger partial charge in [0.05, 0.1) is 24.3 Å². The van der Waals surface area contributed by atoms with E-state index < -0.39 is 17.8 Å². The van der Waals surface area contributed by atoms with Crippen LogP contribution in [-0.4, -0.2) is 32.3 Å². The Morgan fingerprint density at radius 3 is 2.45 bits per heavy atom. The van der Waals surface area contributed by atoms with Crippen molar-refractivity contribution in [1.82, 2.24) is 10.6 Å². The van der Waals surface area contributed by atoms with Gasteiger partial charge in [0.2, 0.25) is 0 Å². The number of amides is 2. The number of alkyl halides is 3. The highest BCUT2D eigenvalue weighted by Crippen LogP contribution is 2.34. The predicted octanol–water partition coefficient (Wildman–Crippen LogP) is 4.05. The summed E-state index contributed by atoms with van der Waals surface area (Å²) in [6.45, 7) is 1.22. The molecule has 0 aliphatic carbocycles. The zero-order valence-electron chi connectivity index (χ0n) is 17.0. The average Bonchev–Trinajstić information content (AvgIpc) is 2.77. The van der Waals surface area contributed by atoms with Crippen molar-refractivity contribution < 1.29 is 22.7 Å². The van der Waals surface area contributed by atoms with Gasteiger partial charge in [0.1, 0.15) is 5.75 Å². The molecule has 0 aromatic heterocycles. The van der Waals surface area contributed by atoms with E-state index in [0.717, 1.165) is 24.8 Å². The molecular weight excluding hydrogens is 409 g/mol. The first kappa shape index (κ1) is 22.3. The van der Waals surface area contributed by atoms with E-state index in [1.807, 2.05) is 12.1 Å². The number of halogens is 3. The molecule has 1 aliphatic rings. The number of carbonyl (C=O) groups is 1. The highest BCUT2D eigenvalue weighted by atomic mass is 19.4. The number of urea groups is 1. The fourth-order valence-electron chi connectivity index (χ4n) is 3.54. The molecule has 2 N–H and O–H groups in total. The number of nitrogens with zero attached hydrogens (tertiary/aromatic N) is 2. The number of hydrogen-bond donors (Lipinski definition) is 2. The molecule has 2 aromatic rings. The summed E-state index contributed by atoms with van der Waals surface area (Å²) < 4.78 is 44.7. The molecule has 31 heavy (non-hydrogen) atoms. The van der Waals surface area contributed by atoms with Gasteiger partial charge in [-0.05, 0) is 54.8 Å². The lowest BCUT2D eigenvalue weighted by atomic mass is 10.0. The third-order valence-electron chi connectivity index (χ3n) is 5.25. The van der Waals surface area contributed by atoms with E-state index >= 15 is 0 Å². The number of nitriles is 1. The largest absolute Gasteiger partial charge is 0.497 e. The molecule has 3 rings (SSSR count). The summed E-state index contributed by atoms with van der Waals surface area (Å²) in [5.74, 6) is 0.106. The fraction of sp³-hybridized carbons (Fsp3) is 0.364. The van der Waals surface area contributed by atoms with Gasteiger partial charge in [0.25, 0.3) is 0 Å². The van der Waals surface area contributed by atoms with Crippen molar-refractivity contribution in [1.29, 1.82) is 5.26 Å². The maximum absolute atomic E-state index is 13.3. The van der Waals surface area contributed by atoms with E-state index in [2.05, 4.69) is 21.6 Å². The lowest BCUT2D eigenvalue weighted by molar-refractivity contribution is -0.138. The Labute approximate surface area is 178 Å². The Kier molecular flexibility index (Phi) is 6.90. The van der Waals surface area contributed by atoms with E-state index in [1.165, 1.54) is 19.2 Å². The lowest BCUT2D eigenvalue weighted by Gasteiger charge is -2.34. The summed E-state index contributed by atoms with van der Waals surface area (Å²) in [6.07, 6.45) is -3.12. The number of benzene rings is 2. The molecule has 9 heteroatoms. The Morgan fingerprint density at radius 1 is 1.19 bits per heavy atom. The van der Waals surface area contributed by atoms with Crippen molar-refractivity contribution >= 4 is 11.7 Å². The van der Waals surface area contributed by atoms with Crippen LogP contribution in [0.3, 0.4) is 0 Å². The minimum Gasteiger partial charge on any atom is -0.497 e. The average molecular weight is 432 g/mol. The normalized spacial score (nSPS) is 14.6. The SMILES string of the molecule is COc1ccc(CNC(=O)NC2CCN(c3ccc(C#N)cc3)CC2)c(C(F)(F)F)c1. The first-order valence-electron chi connectivity index (χ1n) is 9.83. The van der Waals surface area contributed by atoms with Crippen molar-refractivity contribution in [3.8, 4) is 11.8 Å². The molecule has 2 aromatic carbocycles. The zero-order chi connectivity index (χ0) is 22.4. The molecule has 6 nitrogen and oxygen atoms in total. The van der Waals surface area contributed by atoms with Crippen LogP contribution >= 0.6 is 0 Å². The highest BCUT2D eigenvalue weighted by molar-refractivity contribution is 5.74. The second-order valence-corrected chi connectivity index (χ2v) is 7.27. The summed E-state index contributed by atoms with van der Waals surface area (Å²) in [5.41, 5.74) is 0.755. The molecule has 0 saturated carbocycles. The molecule has 2 amide bonds. The first-order chi connectivity index (χ1) is 14.8. The Hall–Kier alpha value is -3.41. The number of anilines is 1. The monoisotopic (exact) mass is 432 g/mol. The third kappa shape index (κ3) is 5.81. The fourth-order valence-corrected chi connectivity index (χ4v) is 3.54. The Morgan fingerprint density at radius 2 is 1.87 bits per heavy atom. The van der Waals surface area contributed by atoms with Gasteiger partial charge in [-0.25, -0.2) is 4.79 Å². The number of rotatable bonds is 5. The van der Waals surface area contributed by atoms with Crippen LogP contribution in [0.2, 0.25) is 0 Å². The van der Waals surface area contributed by atoms with Crippen LogP contribution in [0, 0.1) is 11.3 Å². The maximum atomic E-state index is 13.3. The standard InChI is InChI=1S/C22H23F3N4O2/c1-31-19-7-4-16(20(12-19)22(23,24)25)14-27-21(30)28-17-8-10-29(11-9-17)18-5-2-15(13-26)3-6-18/h2-7,12,17H,8-11,14H2,1H3,(H2,27,28,30). The Balaban J connectivity index is 1.50. The highest BCUT2D eigenvalue weighted by Gasteiger charge is 2.34. The molecule has 1 fully saturated rings. The molecular formula is C22H23F3N4O2. The van der Waals surface area contributed by atoms with Gasteiger partial charge in [-0.2, -0.15) is 18.4 Å². The summed E-state index contributed by atoms with van der Waals surface area (Å²) >= 11 is 0. The molecule has 1 saturated heterocycles. The second kappa shape index (κ2) is 9.60. The van der Waals surface area contributed by atoms with Crippen LogP contribution < -0.4 is 20.3 Å². The van der Waals surface area contributed by atoms with Crippen LogP contribution in [0.15, 0.2) is 42.5 Å². The van der Waals surface area contributed by atoms with Gasteiger partial charge in [-0.15, -0.1) is 0 Å². The molecule has 0 radical (unpaired) electrons. The summed E-state index contributed by atoms with van der Waals surface area (Å²) in [4.78, 5) is 14.4. The molecule has 164 valence electrons. The second-order valence-electron chi connectivity index (χ2n) is 7.27. The minimum atomic E-state index is -4.54. The number of carbonyl (C=O) groups excluding carboxylic acids is 1. The molecule has 0 bridgehead atoms. The summed E-state index contributed by atoms with van der Waals surface area (Å²) in [7, 11) is 1.30. The van der Waals surface area contributed by atoms with Gasteiger partial charge in [-0.1, -0.05) is 6.07 Å². The first-order valence-corrected chi connectivity index (χ1v) is 9.83. The predicted molar refractivity (Wildman–Crippen MR) is 110 cm³/mol. The van der Waals surface area contributed by atoms with Gasteiger partial charge in [0, 0.05) is 31.4 Å². The van der Waals surface area contributed by atoms with Crippen molar-refractivity contribution in [3.05, 3.63) is 59.2 Å². The summed E-state index contributed by atoms with van der Waals surface area (Å²) in [5, 5.41) is 14.2. The van der Waals surface area contributed by atoms with Crippen LogP contribution in [-0.2, 0) is 12.7 Å². The van der Waals surface area contributed by atoms with Crippen molar-refractivity contribution in [3.63, 3.8) is 0 Å². The number of methoxy groups -OCH3 is 1. The van der Waals surface area contributed by atoms with Crippen LogP contribution in [0.5, 0.6) is 5.75 Å². The zero-order valence-corrected chi connectivity index (χ0v) is 17.0. The lowest BCUT2D eigenvalue weighted by Crippen LogP contribution is -2.47. The third-order valence-corrected chi connectivity index (χ3v) is 5.25. The van der Waals surface area contributed by atoms with Gasteiger partial charge in [-0.3, -0.25) is 0 Å². The van der Waals surface area contributed by atoms with Crippen LogP contribution in [0.4, 0.5) is 23.7 Å². The van der Waals surface area contributed by atoms with Crippen LogP contribution in [0.25, 0.3) is 0 Å². The number of hydrogen-bond acceptors (Lipinski definition) is 4.